The number of nitrogens with one attached hydrogen (secondary N) is 2. The molecule has 0 aliphatic rings. The topological polar surface area (TPSA) is 65.1 Å². The fraction of sp³-hybridized carbons (Fsp3) is 0.400. The Balaban J connectivity index is 2.08. The summed E-state index contributed by atoms with van der Waals surface area (Å²) >= 11 is 0. The van der Waals surface area contributed by atoms with Gasteiger partial charge in [-0.1, -0.05) is 32.0 Å². The van der Waals surface area contributed by atoms with Gasteiger partial charge in [-0.2, -0.15) is 0 Å². The maximum atomic E-state index is 11.2. The molecule has 4 nitrogen and oxygen atoms in total. The summed E-state index contributed by atoms with van der Waals surface area (Å²) in [5, 5.41) is 13.5. The first-order valence-corrected chi connectivity index (χ1v) is 6.59. The number of H-pyrrole nitrogens is 1. The lowest BCUT2D eigenvalue weighted by molar-refractivity contribution is -0.140. The van der Waals surface area contributed by atoms with Crippen LogP contribution in [-0.2, 0) is 11.3 Å². The van der Waals surface area contributed by atoms with E-state index >= 15 is 0 Å². The smallest absolute Gasteiger partial charge is 0.320 e. The number of hydrogen-bond donors (Lipinski definition) is 3. The normalized spacial score (nSPS) is 13.0. The molecule has 2 aromatic rings. The summed E-state index contributed by atoms with van der Waals surface area (Å²) in [6.45, 7) is 4.62. The van der Waals surface area contributed by atoms with Gasteiger partial charge in [-0.3, -0.25) is 4.79 Å². The van der Waals surface area contributed by atoms with Crippen LogP contribution in [0, 0.1) is 5.92 Å². The molecule has 3 N–H and O–H groups in total. The van der Waals surface area contributed by atoms with Crippen LogP contribution in [0.5, 0.6) is 0 Å². The second-order valence-electron chi connectivity index (χ2n) is 5.26. The highest BCUT2D eigenvalue weighted by Crippen LogP contribution is 2.17. The van der Waals surface area contributed by atoms with Crippen LogP contribution in [0.2, 0.25) is 0 Å². The highest BCUT2D eigenvalue weighted by molar-refractivity contribution is 5.82. The SMILES string of the molecule is CC(C)CC(NCc1cccc2cc[nH]c12)C(=O)O. The van der Waals surface area contributed by atoms with Crippen molar-refractivity contribution < 1.29 is 9.90 Å². The van der Waals surface area contributed by atoms with E-state index in [1.165, 1.54) is 0 Å². The number of carbonyl (C=O) groups is 1. The molecule has 4 heteroatoms. The Hall–Kier alpha value is -1.81. The van der Waals surface area contributed by atoms with Gasteiger partial charge in [0.1, 0.15) is 6.04 Å². The third kappa shape index (κ3) is 3.35. The standard InChI is InChI=1S/C15H20N2O2/c1-10(2)8-13(15(18)19)17-9-12-5-3-4-11-6-7-16-14(11)12/h3-7,10,13,16-17H,8-9H2,1-2H3,(H,18,19). The number of carboxylic acids is 1. The van der Waals surface area contributed by atoms with Crippen LogP contribution >= 0.6 is 0 Å². The summed E-state index contributed by atoms with van der Waals surface area (Å²) in [4.78, 5) is 14.4. The second kappa shape index (κ2) is 5.89. The fourth-order valence-electron chi connectivity index (χ4n) is 2.27. The van der Waals surface area contributed by atoms with Gasteiger partial charge in [-0.25, -0.2) is 0 Å². The zero-order valence-electron chi connectivity index (χ0n) is 11.3. The Kier molecular flexibility index (Phi) is 4.22. The van der Waals surface area contributed by atoms with Crippen LogP contribution in [0.4, 0.5) is 0 Å². The van der Waals surface area contributed by atoms with Crippen LogP contribution in [0.1, 0.15) is 25.8 Å². The molecule has 1 aromatic carbocycles. The van der Waals surface area contributed by atoms with Crippen molar-refractivity contribution >= 4 is 16.9 Å². The molecule has 0 saturated heterocycles. The lowest BCUT2D eigenvalue weighted by atomic mass is 10.0. The van der Waals surface area contributed by atoms with Crippen molar-refractivity contribution in [2.75, 3.05) is 0 Å². The monoisotopic (exact) mass is 260 g/mol. The van der Waals surface area contributed by atoms with Gasteiger partial charge in [-0.15, -0.1) is 0 Å². The Morgan fingerprint density at radius 1 is 1.37 bits per heavy atom. The molecule has 0 bridgehead atoms. The average Bonchev–Trinajstić information content (AvgIpc) is 2.82. The van der Waals surface area contributed by atoms with Gasteiger partial charge < -0.3 is 15.4 Å². The van der Waals surface area contributed by atoms with Crippen LogP contribution < -0.4 is 5.32 Å². The molecule has 0 spiro atoms. The van der Waals surface area contributed by atoms with E-state index in [9.17, 15) is 9.90 Å². The van der Waals surface area contributed by atoms with Gasteiger partial charge in [0.2, 0.25) is 0 Å². The first kappa shape index (κ1) is 13.6. The maximum absolute atomic E-state index is 11.2. The quantitative estimate of drug-likeness (QED) is 0.748. The van der Waals surface area contributed by atoms with Crippen molar-refractivity contribution in [3.8, 4) is 0 Å². The fourth-order valence-corrected chi connectivity index (χ4v) is 2.27. The van der Waals surface area contributed by atoms with Crippen molar-refractivity contribution in [2.45, 2.75) is 32.9 Å². The zero-order chi connectivity index (χ0) is 13.8. The van der Waals surface area contributed by atoms with Gasteiger partial charge in [0.25, 0.3) is 0 Å². The molecule has 0 radical (unpaired) electrons. The minimum Gasteiger partial charge on any atom is -0.480 e. The lowest BCUT2D eigenvalue weighted by Crippen LogP contribution is -2.37. The van der Waals surface area contributed by atoms with Crippen molar-refractivity contribution in [1.29, 1.82) is 0 Å². The summed E-state index contributed by atoms with van der Waals surface area (Å²) in [7, 11) is 0. The van der Waals surface area contributed by atoms with Crippen LogP contribution in [0.3, 0.4) is 0 Å². The predicted molar refractivity (Wildman–Crippen MR) is 76.0 cm³/mol. The highest BCUT2D eigenvalue weighted by Gasteiger charge is 2.18. The van der Waals surface area contributed by atoms with Gasteiger partial charge in [0.05, 0.1) is 0 Å². The summed E-state index contributed by atoms with van der Waals surface area (Å²) in [5.74, 6) is -0.428. The predicted octanol–water partition coefficient (Wildman–Crippen LogP) is 2.76. The molecule has 19 heavy (non-hydrogen) atoms. The number of para-hydroxylation sites is 1. The second-order valence-corrected chi connectivity index (χ2v) is 5.26. The Bertz CT molecular complexity index is 560. The zero-order valence-corrected chi connectivity index (χ0v) is 11.3. The summed E-state index contributed by atoms with van der Waals surface area (Å²) in [6.07, 6.45) is 2.53. The molecule has 0 amide bonds. The van der Waals surface area contributed by atoms with Gasteiger partial charge >= 0.3 is 5.97 Å². The minimum absolute atomic E-state index is 0.356. The molecule has 102 valence electrons. The molecule has 2 rings (SSSR count). The first-order valence-electron chi connectivity index (χ1n) is 6.59. The van der Waals surface area contributed by atoms with Crippen molar-refractivity contribution in [2.24, 2.45) is 5.92 Å². The van der Waals surface area contributed by atoms with Gasteiger partial charge in [-0.05, 0) is 29.4 Å². The summed E-state index contributed by atoms with van der Waals surface area (Å²) < 4.78 is 0. The van der Waals surface area contributed by atoms with Crippen LogP contribution in [0.15, 0.2) is 30.5 Å². The maximum Gasteiger partial charge on any atom is 0.320 e. The van der Waals surface area contributed by atoms with E-state index in [2.05, 4.69) is 10.3 Å². The average molecular weight is 260 g/mol. The van der Waals surface area contributed by atoms with E-state index in [1.807, 2.05) is 44.3 Å². The van der Waals surface area contributed by atoms with Crippen molar-refractivity contribution in [3.05, 3.63) is 36.0 Å². The largest absolute Gasteiger partial charge is 0.480 e. The molecular formula is C15H20N2O2. The van der Waals surface area contributed by atoms with E-state index in [4.69, 9.17) is 0 Å². The third-order valence-electron chi connectivity index (χ3n) is 3.22. The molecular weight excluding hydrogens is 240 g/mol. The van der Waals surface area contributed by atoms with E-state index in [-0.39, 0.29) is 0 Å². The lowest BCUT2D eigenvalue weighted by Gasteiger charge is -2.16. The number of aromatic nitrogens is 1. The van der Waals surface area contributed by atoms with Gasteiger partial charge in [0, 0.05) is 18.3 Å². The minimum atomic E-state index is -0.785. The first-order chi connectivity index (χ1) is 9.08. The molecule has 0 fully saturated rings. The van der Waals surface area contributed by atoms with Crippen LogP contribution in [0.25, 0.3) is 10.9 Å². The van der Waals surface area contributed by atoms with Crippen LogP contribution in [-0.4, -0.2) is 22.1 Å². The van der Waals surface area contributed by atoms with Gasteiger partial charge in [0.15, 0.2) is 0 Å². The Morgan fingerprint density at radius 2 is 2.16 bits per heavy atom. The third-order valence-corrected chi connectivity index (χ3v) is 3.22. The summed E-state index contributed by atoms with van der Waals surface area (Å²) in [6, 6.07) is 7.57. The molecule has 1 heterocycles. The van der Waals surface area contributed by atoms with E-state index in [0.717, 1.165) is 16.5 Å². The van der Waals surface area contributed by atoms with Crippen molar-refractivity contribution in [3.63, 3.8) is 0 Å². The Labute approximate surface area is 112 Å². The van der Waals surface area contributed by atoms with Crippen molar-refractivity contribution in [1.82, 2.24) is 10.3 Å². The molecule has 1 atom stereocenters. The highest BCUT2D eigenvalue weighted by atomic mass is 16.4. The number of benzene rings is 1. The number of carboxylic acid groups (broad SMARTS) is 1. The molecule has 0 aliphatic heterocycles. The van der Waals surface area contributed by atoms with E-state index in [0.29, 0.717) is 18.9 Å². The van der Waals surface area contributed by atoms with E-state index < -0.39 is 12.0 Å². The number of aliphatic carboxylic acids is 1. The molecule has 1 aromatic heterocycles. The van der Waals surface area contributed by atoms with E-state index in [1.54, 1.807) is 0 Å². The Morgan fingerprint density at radius 3 is 2.84 bits per heavy atom. The molecule has 1 unspecified atom stereocenters. The summed E-state index contributed by atoms with van der Waals surface area (Å²) in [5.41, 5.74) is 2.17. The number of fused-ring (bicyclic) bond motifs is 1. The molecule has 0 aliphatic carbocycles. The number of hydrogen-bond acceptors (Lipinski definition) is 2. The number of aromatic amines is 1. The number of rotatable bonds is 6. The molecule has 0 saturated carbocycles.